The van der Waals surface area contributed by atoms with E-state index < -0.39 is 11.4 Å². The molecular formula is C13H9ClFN3O. The molecule has 0 amide bonds. The van der Waals surface area contributed by atoms with E-state index in [-0.39, 0.29) is 5.69 Å². The minimum atomic E-state index is -0.912. The van der Waals surface area contributed by atoms with Gasteiger partial charge in [0.25, 0.3) is 5.56 Å². The van der Waals surface area contributed by atoms with Crippen LogP contribution in [0.4, 0.5) is 10.1 Å². The molecule has 19 heavy (non-hydrogen) atoms. The average molecular weight is 278 g/mol. The lowest BCUT2D eigenvalue weighted by Gasteiger charge is -2.09. The van der Waals surface area contributed by atoms with Gasteiger partial charge >= 0.3 is 0 Å². The maximum Gasteiger partial charge on any atom is 0.286 e. The molecule has 2 rings (SSSR count). The van der Waals surface area contributed by atoms with E-state index in [4.69, 9.17) is 16.9 Å². The molecule has 1 aliphatic carbocycles. The number of halogens is 2. The lowest BCUT2D eigenvalue weighted by atomic mass is 10.2. The minimum absolute atomic E-state index is 0.0296. The van der Waals surface area contributed by atoms with Crippen LogP contribution in [0.2, 0.25) is 0 Å². The van der Waals surface area contributed by atoms with Gasteiger partial charge in [-0.15, -0.1) is 0 Å². The van der Waals surface area contributed by atoms with E-state index in [2.05, 4.69) is 10.3 Å². The normalized spacial score (nSPS) is 14.7. The van der Waals surface area contributed by atoms with Gasteiger partial charge < -0.3 is 10.3 Å². The lowest BCUT2D eigenvalue weighted by molar-refractivity contribution is 0.612. The van der Waals surface area contributed by atoms with Crippen LogP contribution in [0.25, 0.3) is 0 Å². The molecule has 2 N–H and O–H groups in total. The Morgan fingerprint density at radius 3 is 3.00 bits per heavy atom. The van der Waals surface area contributed by atoms with Gasteiger partial charge in [-0.25, -0.2) is 0 Å². The van der Waals surface area contributed by atoms with Crippen LogP contribution in [0.15, 0.2) is 51.6 Å². The Labute approximate surface area is 113 Å². The molecular weight excluding hydrogens is 269 g/mol. The molecule has 0 radical (unpaired) electrons. The Hall–Kier alpha value is -2.32. The number of hydrogen-bond acceptors (Lipinski definition) is 3. The van der Waals surface area contributed by atoms with Crippen LogP contribution < -0.4 is 10.9 Å². The Morgan fingerprint density at radius 2 is 2.26 bits per heavy atom. The van der Waals surface area contributed by atoms with Gasteiger partial charge in [0.15, 0.2) is 0 Å². The zero-order valence-electron chi connectivity index (χ0n) is 9.71. The van der Waals surface area contributed by atoms with Gasteiger partial charge in [-0.05, 0) is 18.2 Å². The fraction of sp³-hybridized carbons (Fsp3) is 0.0769. The molecule has 0 fully saturated rings. The van der Waals surface area contributed by atoms with Crippen LogP contribution in [-0.4, -0.2) is 4.98 Å². The van der Waals surface area contributed by atoms with E-state index >= 15 is 0 Å². The molecule has 0 atom stereocenters. The summed E-state index contributed by atoms with van der Waals surface area (Å²) in [6.07, 6.45) is 6.52. The van der Waals surface area contributed by atoms with E-state index in [1.807, 2.05) is 6.07 Å². The Morgan fingerprint density at radius 1 is 1.47 bits per heavy atom. The third-order valence-electron chi connectivity index (χ3n) is 2.52. The van der Waals surface area contributed by atoms with E-state index in [1.165, 1.54) is 12.3 Å². The van der Waals surface area contributed by atoms with Gasteiger partial charge in [-0.3, -0.25) is 4.79 Å². The van der Waals surface area contributed by atoms with Crippen LogP contribution in [0.3, 0.4) is 0 Å². The van der Waals surface area contributed by atoms with Crippen LogP contribution in [-0.2, 0) is 0 Å². The van der Waals surface area contributed by atoms with Crippen molar-refractivity contribution >= 4 is 17.3 Å². The van der Waals surface area contributed by atoms with Crippen molar-refractivity contribution in [1.82, 2.24) is 4.98 Å². The highest BCUT2D eigenvalue weighted by Gasteiger charge is 2.10. The van der Waals surface area contributed by atoms with E-state index in [1.54, 1.807) is 18.2 Å². The Balaban J connectivity index is 2.32. The van der Waals surface area contributed by atoms with E-state index in [0.29, 0.717) is 22.7 Å². The topological polar surface area (TPSA) is 68.7 Å². The number of H-pyrrole nitrogens is 1. The van der Waals surface area contributed by atoms with Gasteiger partial charge in [0.1, 0.15) is 0 Å². The minimum Gasteiger partial charge on any atom is -0.352 e. The first-order chi connectivity index (χ1) is 9.11. The zero-order valence-corrected chi connectivity index (χ0v) is 10.5. The number of rotatable bonds is 2. The number of anilines is 1. The van der Waals surface area contributed by atoms with Crippen molar-refractivity contribution in [3.8, 4) is 6.07 Å². The highest BCUT2D eigenvalue weighted by Crippen LogP contribution is 2.23. The second-order valence-electron chi connectivity index (χ2n) is 3.79. The van der Waals surface area contributed by atoms with Gasteiger partial charge in [0.05, 0.1) is 17.5 Å². The predicted molar refractivity (Wildman–Crippen MR) is 71.0 cm³/mol. The number of allylic oxidation sites excluding steroid dienone is 5. The quantitative estimate of drug-likeness (QED) is 0.873. The van der Waals surface area contributed by atoms with E-state index in [9.17, 15) is 9.18 Å². The van der Waals surface area contributed by atoms with E-state index in [0.717, 1.165) is 0 Å². The fourth-order valence-corrected chi connectivity index (χ4v) is 1.72. The van der Waals surface area contributed by atoms with Gasteiger partial charge in [0, 0.05) is 23.2 Å². The molecule has 0 aromatic carbocycles. The summed E-state index contributed by atoms with van der Waals surface area (Å²) < 4.78 is 13.6. The van der Waals surface area contributed by atoms with Crippen molar-refractivity contribution in [2.24, 2.45) is 0 Å². The van der Waals surface area contributed by atoms with Crippen molar-refractivity contribution in [1.29, 1.82) is 5.26 Å². The van der Waals surface area contributed by atoms with Crippen molar-refractivity contribution in [3.05, 3.63) is 63.0 Å². The molecule has 6 heteroatoms. The summed E-state index contributed by atoms with van der Waals surface area (Å²) in [6, 6.07) is 3.40. The number of aromatic nitrogens is 1. The Bertz CT molecular complexity index is 695. The third kappa shape index (κ3) is 2.92. The Kier molecular flexibility index (Phi) is 3.83. The van der Waals surface area contributed by atoms with Crippen LogP contribution >= 0.6 is 11.6 Å². The number of aromatic amines is 1. The average Bonchev–Trinajstić information content (AvgIpc) is 2.58. The number of nitrogens with zero attached hydrogens (tertiary/aromatic N) is 1. The number of nitriles is 1. The van der Waals surface area contributed by atoms with Crippen LogP contribution in [0.1, 0.15) is 6.42 Å². The second-order valence-corrected chi connectivity index (χ2v) is 4.24. The van der Waals surface area contributed by atoms with Crippen molar-refractivity contribution < 1.29 is 4.39 Å². The molecule has 0 bridgehead atoms. The fourth-order valence-electron chi connectivity index (χ4n) is 1.53. The standard InChI is InChI=1S/C13H9ClFN3O/c14-9-3-1-8(7-16)2-4-10(9)18-11-5-6-17-13(19)12(11)15/h1-2,4-6H,3H2,(H2,17,18,19). The maximum atomic E-state index is 13.6. The summed E-state index contributed by atoms with van der Waals surface area (Å²) in [5.74, 6) is -0.912. The van der Waals surface area contributed by atoms with Crippen molar-refractivity contribution in [2.45, 2.75) is 6.42 Å². The first kappa shape index (κ1) is 13.1. The highest BCUT2D eigenvalue weighted by molar-refractivity contribution is 6.30. The van der Waals surface area contributed by atoms with Crippen molar-refractivity contribution in [3.63, 3.8) is 0 Å². The maximum absolute atomic E-state index is 13.6. The molecule has 1 aromatic rings. The largest absolute Gasteiger partial charge is 0.352 e. The first-order valence-corrected chi connectivity index (χ1v) is 5.81. The smallest absolute Gasteiger partial charge is 0.286 e. The monoisotopic (exact) mass is 277 g/mol. The number of pyridine rings is 1. The van der Waals surface area contributed by atoms with Crippen LogP contribution in [0.5, 0.6) is 0 Å². The zero-order chi connectivity index (χ0) is 13.8. The molecule has 96 valence electrons. The van der Waals surface area contributed by atoms with Crippen LogP contribution in [0, 0.1) is 17.1 Å². The SMILES string of the molecule is N#CC1=CCC(Cl)=C(Nc2cc[nH]c(=O)c2F)C=C1. The van der Waals surface area contributed by atoms with Gasteiger partial charge in [0.2, 0.25) is 5.82 Å². The first-order valence-electron chi connectivity index (χ1n) is 5.43. The van der Waals surface area contributed by atoms with Crippen molar-refractivity contribution in [2.75, 3.05) is 5.32 Å². The molecule has 1 heterocycles. The molecule has 0 saturated carbocycles. The summed E-state index contributed by atoms with van der Waals surface area (Å²) in [5.41, 5.74) is 0.145. The molecule has 0 saturated heterocycles. The predicted octanol–water partition coefficient (Wildman–Crippen LogP) is 2.79. The number of nitrogens with one attached hydrogen (secondary N) is 2. The number of hydrogen-bond donors (Lipinski definition) is 2. The summed E-state index contributed by atoms with van der Waals surface area (Å²) in [5, 5.41) is 12.0. The second kappa shape index (κ2) is 5.55. The summed E-state index contributed by atoms with van der Waals surface area (Å²) >= 11 is 6.05. The third-order valence-corrected chi connectivity index (χ3v) is 2.88. The summed E-state index contributed by atoms with van der Waals surface area (Å²) in [4.78, 5) is 13.4. The lowest BCUT2D eigenvalue weighted by Crippen LogP contribution is -2.13. The molecule has 1 aromatic heterocycles. The molecule has 0 unspecified atom stereocenters. The molecule has 1 aliphatic rings. The highest BCUT2D eigenvalue weighted by atomic mass is 35.5. The molecule has 0 spiro atoms. The van der Waals surface area contributed by atoms with Gasteiger partial charge in [-0.2, -0.15) is 9.65 Å². The molecule has 4 nitrogen and oxygen atoms in total. The summed E-state index contributed by atoms with van der Waals surface area (Å²) in [7, 11) is 0. The summed E-state index contributed by atoms with van der Waals surface area (Å²) in [6.45, 7) is 0. The molecule has 0 aliphatic heterocycles. The van der Waals surface area contributed by atoms with Gasteiger partial charge in [-0.1, -0.05) is 17.7 Å².